The Kier molecular flexibility index (Phi) is 14.9. The van der Waals surface area contributed by atoms with E-state index in [1.807, 2.05) is 24.3 Å². The van der Waals surface area contributed by atoms with E-state index < -0.39 is 23.7 Å². The molecule has 6 aromatic rings. The Labute approximate surface area is 419 Å². The largest absolute Gasteiger partial charge is 0.573 e. The number of methoxy groups -OCH3 is 2. The monoisotopic (exact) mass is 1010 g/mol. The van der Waals surface area contributed by atoms with Crippen LogP contribution in [0.25, 0.3) is 22.1 Å². The number of fused-ring (bicyclic) bond motifs is 2. The molecule has 0 spiro atoms. The van der Waals surface area contributed by atoms with Crippen molar-refractivity contribution in [3.05, 3.63) is 83.9 Å². The second-order valence-electron chi connectivity index (χ2n) is 22.7. The van der Waals surface area contributed by atoms with E-state index in [1.165, 1.54) is 36.4 Å². The zero-order chi connectivity index (χ0) is 52.9. The van der Waals surface area contributed by atoms with Gasteiger partial charge in [-0.2, -0.15) is 8.78 Å². The molecule has 4 atom stereocenters. The third kappa shape index (κ3) is 13.0. The summed E-state index contributed by atoms with van der Waals surface area (Å²) in [6, 6.07) is 19.9. The Morgan fingerprint density at radius 2 is 0.931 bits per heavy atom. The minimum atomic E-state index is -4.75. The number of ether oxygens (including phenoxy) is 4. The summed E-state index contributed by atoms with van der Waals surface area (Å²) in [5, 5.41) is 28.1. The highest BCUT2D eigenvalue weighted by Crippen LogP contribution is 2.49. The summed E-state index contributed by atoms with van der Waals surface area (Å²) in [4.78, 5) is 9.78. The average molecular weight is 1010 g/mol. The molecular formula is C55H71F5N6O6. The van der Waals surface area contributed by atoms with E-state index in [0.29, 0.717) is 70.2 Å². The zero-order valence-corrected chi connectivity index (χ0v) is 43.7. The lowest BCUT2D eigenvalue weighted by Crippen LogP contribution is -2.29. The van der Waals surface area contributed by atoms with Crippen LogP contribution in [0.15, 0.2) is 72.8 Å². The molecule has 0 amide bonds. The molecule has 2 aliphatic rings. The number of hydrogen-bond acceptors (Lipinski definition) is 10. The van der Waals surface area contributed by atoms with Gasteiger partial charge < -0.3 is 48.9 Å². The average Bonchev–Trinajstić information content (AvgIpc) is 3.77. The smallest absolute Gasteiger partial charge is 0.496 e. The van der Waals surface area contributed by atoms with Crippen molar-refractivity contribution in [3.8, 4) is 23.0 Å². The van der Waals surface area contributed by atoms with Gasteiger partial charge in [0.1, 0.15) is 23.0 Å². The summed E-state index contributed by atoms with van der Waals surface area (Å²) in [5.41, 5.74) is 3.89. The first-order chi connectivity index (χ1) is 33.3. The lowest BCUT2D eigenvalue weighted by Gasteiger charge is -2.40. The summed E-state index contributed by atoms with van der Waals surface area (Å²) in [6.07, 6.45) is -1.78. The Balaban J connectivity index is 0.000000211. The van der Waals surface area contributed by atoms with Gasteiger partial charge in [0.05, 0.1) is 47.5 Å². The molecule has 0 bridgehead atoms. The van der Waals surface area contributed by atoms with Gasteiger partial charge in [0.25, 0.3) is 0 Å². The lowest BCUT2D eigenvalue weighted by molar-refractivity contribution is -0.274. The third-order valence-electron chi connectivity index (χ3n) is 13.5. The number of benzene rings is 4. The Morgan fingerprint density at radius 1 is 0.569 bits per heavy atom. The number of rotatable bonds is 13. The maximum atomic E-state index is 13.2. The van der Waals surface area contributed by atoms with Crippen LogP contribution in [0, 0.1) is 22.7 Å². The van der Waals surface area contributed by atoms with Crippen molar-refractivity contribution in [3.63, 3.8) is 0 Å². The van der Waals surface area contributed by atoms with E-state index >= 15 is 0 Å². The van der Waals surface area contributed by atoms with Crippen molar-refractivity contribution in [1.29, 1.82) is 0 Å². The highest BCUT2D eigenvalue weighted by Gasteiger charge is 2.38. The van der Waals surface area contributed by atoms with Gasteiger partial charge in [-0.25, -0.2) is 9.97 Å². The zero-order valence-electron chi connectivity index (χ0n) is 43.7. The fraction of sp³-hybridized carbons (Fsp3) is 0.527. The van der Waals surface area contributed by atoms with Crippen molar-refractivity contribution < 1.29 is 51.1 Å². The third-order valence-corrected chi connectivity index (χ3v) is 13.5. The van der Waals surface area contributed by atoms with Gasteiger partial charge in [-0.1, -0.05) is 41.5 Å². The summed E-state index contributed by atoms with van der Waals surface area (Å²) < 4.78 is 88.5. The van der Waals surface area contributed by atoms with E-state index in [9.17, 15) is 32.2 Å². The highest BCUT2D eigenvalue weighted by atomic mass is 19.4. The molecule has 0 aliphatic heterocycles. The molecular weight excluding hydrogens is 936 g/mol. The molecule has 2 aromatic heterocycles. The molecule has 392 valence electrons. The summed E-state index contributed by atoms with van der Waals surface area (Å²) in [7, 11) is 3.18. The van der Waals surface area contributed by atoms with Crippen LogP contribution in [-0.4, -0.2) is 56.0 Å². The number of nitrogens with one attached hydrogen (secondary N) is 2. The predicted molar refractivity (Wildman–Crippen MR) is 272 cm³/mol. The quantitative estimate of drug-likeness (QED) is 0.0828. The van der Waals surface area contributed by atoms with E-state index in [-0.39, 0.29) is 34.4 Å². The Morgan fingerprint density at radius 3 is 1.24 bits per heavy atom. The normalized spacial score (nSPS) is 20.4. The van der Waals surface area contributed by atoms with Crippen molar-refractivity contribution in [2.45, 2.75) is 150 Å². The number of anilines is 4. The van der Waals surface area contributed by atoms with Crippen LogP contribution in [0.2, 0.25) is 0 Å². The van der Waals surface area contributed by atoms with E-state index in [1.54, 1.807) is 54.0 Å². The minimum Gasteiger partial charge on any atom is -0.496 e. The van der Waals surface area contributed by atoms with Crippen molar-refractivity contribution in [1.82, 2.24) is 19.1 Å². The van der Waals surface area contributed by atoms with Gasteiger partial charge in [-0.15, -0.1) is 13.2 Å². The molecule has 4 aromatic carbocycles. The van der Waals surface area contributed by atoms with E-state index in [4.69, 9.17) is 19.4 Å². The van der Waals surface area contributed by atoms with E-state index in [0.717, 1.165) is 55.1 Å². The molecule has 0 radical (unpaired) electrons. The van der Waals surface area contributed by atoms with Crippen LogP contribution in [-0.2, 0) is 11.2 Å². The fourth-order valence-electron chi connectivity index (χ4n) is 11.3. The van der Waals surface area contributed by atoms with Gasteiger partial charge in [-0.05, 0) is 150 Å². The lowest BCUT2D eigenvalue weighted by atomic mass is 9.70. The number of alkyl halides is 5. The van der Waals surface area contributed by atoms with Crippen LogP contribution >= 0.6 is 0 Å². The molecule has 12 nitrogen and oxygen atoms in total. The number of imidazole rings is 2. The first-order valence-electron chi connectivity index (χ1n) is 24.5. The molecule has 2 heterocycles. The fourth-order valence-corrected chi connectivity index (χ4v) is 11.3. The second kappa shape index (κ2) is 19.9. The van der Waals surface area contributed by atoms with Crippen LogP contribution in [0.4, 0.5) is 45.2 Å². The topological polar surface area (TPSA) is 137 Å². The molecule has 8 rings (SSSR count). The molecule has 72 heavy (non-hydrogen) atoms. The molecule has 2 fully saturated rings. The van der Waals surface area contributed by atoms with Gasteiger partial charge in [0, 0.05) is 53.6 Å². The molecule has 0 unspecified atom stereocenters. The molecule has 0 saturated heterocycles. The van der Waals surface area contributed by atoms with Crippen molar-refractivity contribution >= 4 is 45.3 Å². The van der Waals surface area contributed by atoms with Gasteiger partial charge >= 0.3 is 12.5 Å². The standard InChI is InChI=1S/C28H37F2N3O3.C27H34F3N3O3/c1-17-12-19(16-26(2,3)15-17)33-23-14-24(35-7)21(27(4,5)34)13-22(23)32-25(33)31-18-8-10-20(11-9-18)36-28(6,29)30;1-16-11-18(15-25(2,3)14-16)33-22-13-23(35-6)20(26(4,5)34)12-21(22)32-24(33)31-17-7-9-19(10-8-17)36-27(28,29)30/h8-11,13-14,17,19,34H,12,15-16H2,1-7H3,(H,31,32);7-10,12-13,16,18,34H,11,14-15H2,1-6H3,(H,31,32)/t17-,19+;16-,18+/m10/s1. The van der Waals surface area contributed by atoms with Crippen LogP contribution < -0.4 is 29.6 Å². The molecule has 2 aliphatic carbocycles. The predicted octanol–water partition coefficient (Wildman–Crippen LogP) is 14.7. The number of halogens is 5. The van der Waals surface area contributed by atoms with Crippen LogP contribution in [0.1, 0.15) is 138 Å². The molecule has 2 saturated carbocycles. The van der Waals surface area contributed by atoms with Crippen molar-refractivity contribution in [2.75, 3.05) is 24.9 Å². The Bertz CT molecular complexity index is 2650. The Hall–Kier alpha value is -5.81. The molecule has 17 heteroatoms. The van der Waals surface area contributed by atoms with Crippen LogP contribution in [0.3, 0.4) is 0 Å². The van der Waals surface area contributed by atoms with E-state index in [2.05, 4.69) is 70.8 Å². The van der Waals surface area contributed by atoms with Crippen LogP contribution in [0.5, 0.6) is 23.0 Å². The molecule has 4 N–H and O–H groups in total. The number of hydrogen-bond donors (Lipinski definition) is 4. The summed E-state index contributed by atoms with van der Waals surface area (Å²) in [5.74, 6) is 3.28. The summed E-state index contributed by atoms with van der Waals surface area (Å²) in [6.45, 7) is 21.2. The second-order valence-corrected chi connectivity index (χ2v) is 22.7. The maximum Gasteiger partial charge on any atom is 0.573 e. The van der Waals surface area contributed by atoms with Gasteiger partial charge in [0.2, 0.25) is 11.9 Å². The number of nitrogens with zero attached hydrogens (tertiary/aromatic N) is 4. The minimum absolute atomic E-state index is 0.0870. The first-order valence-corrected chi connectivity index (χ1v) is 24.5. The maximum absolute atomic E-state index is 13.2. The SMILES string of the molecule is COc1cc2c(cc1C(C)(C)O)nc(Nc1ccc(OC(C)(F)F)cc1)n2[C@H]1C[C@@H](C)CC(C)(C)C1.COc1cc2c(cc1C(C)(C)O)nc(Nc1ccc(OC(F)(F)F)cc1)n2[C@@H]1C[C@H](C)CC(C)(C)C1. The summed E-state index contributed by atoms with van der Waals surface area (Å²) >= 11 is 0. The van der Waals surface area contributed by atoms with Crippen molar-refractivity contribution in [2.24, 2.45) is 22.7 Å². The number of aromatic nitrogens is 4. The first kappa shape index (κ1) is 54.0. The number of aliphatic hydroxyl groups is 2. The van der Waals surface area contributed by atoms with Gasteiger partial charge in [-0.3, -0.25) is 0 Å². The highest BCUT2D eigenvalue weighted by molar-refractivity contribution is 5.84. The van der Waals surface area contributed by atoms with Gasteiger partial charge in [0.15, 0.2) is 0 Å².